The van der Waals surface area contributed by atoms with Gasteiger partial charge in [-0.2, -0.15) is 5.10 Å². The number of nitrogens with zero attached hydrogens (tertiary/aromatic N) is 6. The Kier molecular flexibility index (Phi) is 5.10. The van der Waals surface area contributed by atoms with Crippen LogP contribution in [-0.2, 0) is 13.6 Å². The molecule has 0 bridgehead atoms. The molecule has 0 radical (unpaired) electrons. The molecule has 1 N–H and O–H groups in total. The molecular formula is C15H13Cl2N7O3. The maximum Gasteiger partial charge on any atom is 0.322 e. The van der Waals surface area contributed by atoms with Gasteiger partial charge in [-0.05, 0) is 24.6 Å². The van der Waals surface area contributed by atoms with E-state index in [9.17, 15) is 14.9 Å². The number of carbonyl (C=O) groups is 1. The van der Waals surface area contributed by atoms with Gasteiger partial charge in [0.1, 0.15) is 12.0 Å². The van der Waals surface area contributed by atoms with Crippen molar-refractivity contribution in [3.8, 4) is 0 Å². The summed E-state index contributed by atoms with van der Waals surface area (Å²) >= 11 is 11.9. The molecule has 140 valence electrons. The van der Waals surface area contributed by atoms with Gasteiger partial charge in [-0.1, -0.05) is 29.3 Å². The van der Waals surface area contributed by atoms with Crippen molar-refractivity contribution in [2.75, 3.05) is 5.32 Å². The molecule has 0 aliphatic rings. The van der Waals surface area contributed by atoms with E-state index in [1.165, 1.54) is 25.0 Å². The minimum Gasteiger partial charge on any atom is -0.288 e. The normalized spacial score (nSPS) is 10.8. The van der Waals surface area contributed by atoms with Crippen LogP contribution in [0.15, 0.2) is 24.5 Å². The van der Waals surface area contributed by atoms with Crippen molar-refractivity contribution < 1.29 is 9.72 Å². The number of anilines is 1. The van der Waals surface area contributed by atoms with Crippen molar-refractivity contribution in [1.82, 2.24) is 24.5 Å². The molecule has 0 saturated heterocycles. The van der Waals surface area contributed by atoms with Gasteiger partial charge in [0.2, 0.25) is 11.6 Å². The van der Waals surface area contributed by atoms with Crippen molar-refractivity contribution in [2.24, 2.45) is 7.05 Å². The van der Waals surface area contributed by atoms with Crippen LogP contribution >= 0.6 is 23.2 Å². The fourth-order valence-electron chi connectivity index (χ4n) is 2.53. The molecule has 0 atom stereocenters. The van der Waals surface area contributed by atoms with Crippen LogP contribution in [0, 0.1) is 17.0 Å². The highest BCUT2D eigenvalue weighted by molar-refractivity contribution is 6.42. The van der Waals surface area contributed by atoms with Crippen molar-refractivity contribution >= 4 is 40.7 Å². The molecule has 0 aliphatic carbocycles. The molecule has 0 aliphatic heterocycles. The summed E-state index contributed by atoms with van der Waals surface area (Å²) in [5.74, 6) is -0.717. The number of amides is 1. The summed E-state index contributed by atoms with van der Waals surface area (Å²) < 4.78 is 2.63. The van der Waals surface area contributed by atoms with Gasteiger partial charge in [-0.15, -0.1) is 5.10 Å². The average molecular weight is 410 g/mol. The molecule has 0 fully saturated rings. The molecule has 1 amide bonds. The maximum atomic E-state index is 12.4. The number of aryl methyl sites for hydroxylation is 2. The molecule has 3 rings (SSSR count). The molecule has 2 heterocycles. The first-order valence-electron chi connectivity index (χ1n) is 7.59. The highest BCUT2D eigenvalue weighted by Crippen LogP contribution is 2.24. The molecule has 2 aromatic heterocycles. The number of benzene rings is 1. The van der Waals surface area contributed by atoms with E-state index in [0.29, 0.717) is 16.6 Å². The van der Waals surface area contributed by atoms with Gasteiger partial charge >= 0.3 is 5.69 Å². The number of hydrogen-bond donors (Lipinski definition) is 1. The first-order valence-corrected chi connectivity index (χ1v) is 8.34. The van der Waals surface area contributed by atoms with Crippen LogP contribution in [0.25, 0.3) is 0 Å². The lowest BCUT2D eigenvalue weighted by molar-refractivity contribution is -0.385. The second kappa shape index (κ2) is 7.33. The van der Waals surface area contributed by atoms with E-state index in [1.54, 1.807) is 18.2 Å². The topological polar surface area (TPSA) is 121 Å². The predicted octanol–water partition coefficient (Wildman–Crippen LogP) is 2.84. The van der Waals surface area contributed by atoms with Gasteiger partial charge in [0.25, 0.3) is 5.91 Å². The summed E-state index contributed by atoms with van der Waals surface area (Å²) in [7, 11) is 1.45. The van der Waals surface area contributed by atoms with Gasteiger partial charge in [0.15, 0.2) is 0 Å². The fourth-order valence-corrected chi connectivity index (χ4v) is 2.85. The molecule has 10 nitrogen and oxygen atoms in total. The van der Waals surface area contributed by atoms with Gasteiger partial charge in [-0.25, -0.2) is 9.67 Å². The molecule has 0 saturated carbocycles. The molecule has 0 spiro atoms. The van der Waals surface area contributed by atoms with Crippen LogP contribution < -0.4 is 5.32 Å². The Morgan fingerprint density at radius 3 is 2.70 bits per heavy atom. The quantitative estimate of drug-likeness (QED) is 0.510. The largest absolute Gasteiger partial charge is 0.322 e. The minimum atomic E-state index is -0.725. The number of aromatic nitrogens is 5. The first kappa shape index (κ1) is 18.8. The zero-order chi connectivity index (χ0) is 19.7. The molecule has 3 aromatic rings. The third kappa shape index (κ3) is 3.91. The third-order valence-electron chi connectivity index (χ3n) is 3.68. The summed E-state index contributed by atoms with van der Waals surface area (Å²) in [6.45, 7) is 1.81. The zero-order valence-corrected chi connectivity index (χ0v) is 15.7. The fraction of sp³-hybridized carbons (Fsp3) is 0.200. The number of nitrogens with one attached hydrogen (secondary N) is 1. The molecule has 27 heavy (non-hydrogen) atoms. The summed E-state index contributed by atoms with van der Waals surface area (Å²) in [6.07, 6.45) is 1.42. The lowest BCUT2D eigenvalue weighted by Gasteiger charge is -2.03. The summed E-state index contributed by atoms with van der Waals surface area (Å²) in [4.78, 5) is 27.0. The average Bonchev–Trinajstić information content (AvgIpc) is 3.14. The Hall–Kier alpha value is -2.98. The lowest BCUT2D eigenvalue weighted by Crippen LogP contribution is -2.18. The van der Waals surface area contributed by atoms with Gasteiger partial charge in [-0.3, -0.25) is 24.9 Å². The van der Waals surface area contributed by atoms with Crippen LogP contribution in [0.1, 0.15) is 21.7 Å². The van der Waals surface area contributed by atoms with Crippen molar-refractivity contribution in [3.05, 3.63) is 61.6 Å². The second-order valence-electron chi connectivity index (χ2n) is 5.63. The van der Waals surface area contributed by atoms with E-state index < -0.39 is 10.8 Å². The summed E-state index contributed by atoms with van der Waals surface area (Å²) in [5.41, 5.74) is 0.444. The third-order valence-corrected chi connectivity index (χ3v) is 4.42. The van der Waals surface area contributed by atoms with Gasteiger partial charge in [0, 0.05) is 7.05 Å². The standard InChI is InChI=1S/C15H13Cl2N7O3/c1-8-12(24(26)27)13(22(2)20-8)14(25)19-15-18-7-23(21-15)6-9-3-4-10(16)11(17)5-9/h3-5,7H,6H2,1-2H3,(H,19,21,25). The van der Waals surface area contributed by atoms with E-state index in [2.05, 4.69) is 20.5 Å². The highest BCUT2D eigenvalue weighted by Gasteiger charge is 2.29. The van der Waals surface area contributed by atoms with E-state index >= 15 is 0 Å². The van der Waals surface area contributed by atoms with Crippen molar-refractivity contribution in [2.45, 2.75) is 13.5 Å². The van der Waals surface area contributed by atoms with Gasteiger partial charge < -0.3 is 0 Å². The Morgan fingerprint density at radius 1 is 1.30 bits per heavy atom. The maximum absolute atomic E-state index is 12.4. The van der Waals surface area contributed by atoms with Crippen LogP contribution in [0.5, 0.6) is 0 Å². The van der Waals surface area contributed by atoms with Crippen LogP contribution in [-0.4, -0.2) is 35.4 Å². The monoisotopic (exact) mass is 409 g/mol. The van der Waals surface area contributed by atoms with Crippen molar-refractivity contribution in [3.63, 3.8) is 0 Å². The molecular weight excluding hydrogens is 397 g/mol. The second-order valence-corrected chi connectivity index (χ2v) is 6.45. The molecule has 12 heteroatoms. The van der Waals surface area contributed by atoms with Crippen LogP contribution in [0.2, 0.25) is 10.0 Å². The van der Waals surface area contributed by atoms with E-state index in [-0.39, 0.29) is 23.0 Å². The Bertz CT molecular complexity index is 1040. The lowest BCUT2D eigenvalue weighted by atomic mass is 10.2. The van der Waals surface area contributed by atoms with Crippen LogP contribution in [0.4, 0.5) is 11.6 Å². The Labute approximate surface area is 162 Å². The predicted molar refractivity (Wildman–Crippen MR) is 98.1 cm³/mol. The molecule has 0 unspecified atom stereocenters. The minimum absolute atomic E-state index is 0.00760. The van der Waals surface area contributed by atoms with E-state index in [1.807, 2.05) is 0 Å². The van der Waals surface area contributed by atoms with E-state index in [4.69, 9.17) is 23.2 Å². The smallest absolute Gasteiger partial charge is 0.288 e. The zero-order valence-electron chi connectivity index (χ0n) is 14.2. The number of rotatable bonds is 5. The summed E-state index contributed by atoms with van der Waals surface area (Å²) in [6, 6.07) is 5.16. The SMILES string of the molecule is Cc1nn(C)c(C(=O)Nc2ncn(Cc3ccc(Cl)c(Cl)c3)n2)c1[N+](=O)[O-]. The number of nitro groups is 1. The molecule has 1 aromatic carbocycles. The number of carbonyl (C=O) groups excluding carboxylic acids is 1. The van der Waals surface area contributed by atoms with Gasteiger partial charge in [0.05, 0.1) is 21.5 Å². The van der Waals surface area contributed by atoms with Crippen molar-refractivity contribution in [1.29, 1.82) is 0 Å². The Balaban J connectivity index is 1.77. The number of hydrogen-bond acceptors (Lipinski definition) is 6. The van der Waals surface area contributed by atoms with E-state index in [0.717, 1.165) is 10.2 Å². The Morgan fingerprint density at radius 2 is 2.04 bits per heavy atom. The first-order chi connectivity index (χ1) is 12.8. The number of halogens is 2. The highest BCUT2D eigenvalue weighted by atomic mass is 35.5. The van der Waals surface area contributed by atoms with Crippen LogP contribution in [0.3, 0.4) is 0 Å². The summed E-state index contributed by atoms with van der Waals surface area (Å²) in [5, 5.41) is 22.5.